The monoisotopic (exact) mass is 408 g/mol. The van der Waals surface area contributed by atoms with Crippen LogP contribution in [0.2, 0.25) is 0 Å². The number of carbonyl (C=O) groups excluding carboxylic acids is 4. The summed E-state index contributed by atoms with van der Waals surface area (Å²) >= 11 is 0. The highest BCUT2D eigenvalue weighted by atomic mass is 19.4. The predicted octanol–water partition coefficient (Wildman–Crippen LogP) is 0.102. The van der Waals surface area contributed by atoms with E-state index in [9.17, 15) is 32.3 Å². The van der Waals surface area contributed by atoms with Crippen LogP contribution in [0.1, 0.15) is 40.5 Å². The summed E-state index contributed by atoms with van der Waals surface area (Å²) in [6.45, 7) is 5.87. The van der Waals surface area contributed by atoms with Crippen LogP contribution in [0.3, 0.4) is 0 Å². The Morgan fingerprint density at radius 2 is 1.64 bits per heavy atom. The summed E-state index contributed by atoms with van der Waals surface area (Å²) in [6.07, 6.45) is -4.36. The SMILES string of the molecule is CC(C)[C@H](NC(=O)[C@@H]1CCCN1C(=O)[C@H](C)NC(=O)[C@H](C)N)C(=O)C(F)(F)F. The molecule has 1 saturated heterocycles. The Balaban J connectivity index is 2.87. The molecule has 0 aromatic heterocycles. The Morgan fingerprint density at radius 1 is 1.07 bits per heavy atom. The number of hydrogen-bond donors (Lipinski definition) is 3. The lowest BCUT2D eigenvalue weighted by Gasteiger charge is -2.29. The number of rotatable bonds is 7. The number of carbonyl (C=O) groups is 4. The second-order valence-electron chi connectivity index (χ2n) is 7.30. The number of amides is 3. The van der Waals surface area contributed by atoms with E-state index >= 15 is 0 Å². The van der Waals surface area contributed by atoms with Crippen LogP contribution in [-0.2, 0) is 19.2 Å². The maximum Gasteiger partial charge on any atom is 0.452 e. The van der Waals surface area contributed by atoms with Crippen LogP contribution >= 0.6 is 0 Å². The highest BCUT2D eigenvalue weighted by Crippen LogP contribution is 2.23. The van der Waals surface area contributed by atoms with Gasteiger partial charge in [-0.3, -0.25) is 19.2 Å². The lowest BCUT2D eigenvalue weighted by Crippen LogP contribution is -2.57. The molecule has 0 aromatic carbocycles. The molecule has 0 aliphatic carbocycles. The first-order valence-electron chi connectivity index (χ1n) is 9.05. The van der Waals surface area contributed by atoms with Crippen LogP contribution in [0, 0.1) is 5.92 Å². The number of nitrogens with two attached hydrogens (primary N) is 1. The zero-order valence-electron chi connectivity index (χ0n) is 16.3. The maximum atomic E-state index is 12.8. The second-order valence-corrected chi connectivity index (χ2v) is 7.30. The predicted molar refractivity (Wildman–Crippen MR) is 93.8 cm³/mol. The van der Waals surface area contributed by atoms with Crippen LogP contribution in [0.4, 0.5) is 13.2 Å². The van der Waals surface area contributed by atoms with Gasteiger partial charge in [-0.05, 0) is 32.6 Å². The number of ketones is 1. The fourth-order valence-electron chi connectivity index (χ4n) is 2.92. The molecule has 1 fully saturated rings. The number of hydrogen-bond acceptors (Lipinski definition) is 5. The van der Waals surface area contributed by atoms with E-state index < -0.39 is 59.8 Å². The molecule has 1 rings (SSSR count). The van der Waals surface area contributed by atoms with Gasteiger partial charge in [0.25, 0.3) is 5.78 Å². The fourth-order valence-corrected chi connectivity index (χ4v) is 2.92. The van der Waals surface area contributed by atoms with E-state index in [1.807, 2.05) is 0 Å². The third-order valence-corrected chi connectivity index (χ3v) is 4.51. The quantitative estimate of drug-likeness (QED) is 0.552. The summed E-state index contributed by atoms with van der Waals surface area (Å²) in [7, 11) is 0. The molecule has 8 nitrogen and oxygen atoms in total. The Kier molecular flexibility index (Phi) is 7.97. The zero-order chi connectivity index (χ0) is 21.8. The summed E-state index contributed by atoms with van der Waals surface area (Å²) < 4.78 is 38.3. The van der Waals surface area contributed by atoms with Gasteiger partial charge in [0.05, 0.1) is 12.1 Å². The van der Waals surface area contributed by atoms with Gasteiger partial charge in [0.15, 0.2) is 0 Å². The van der Waals surface area contributed by atoms with Crippen molar-refractivity contribution in [1.82, 2.24) is 15.5 Å². The lowest BCUT2D eigenvalue weighted by atomic mass is 9.98. The summed E-state index contributed by atoms with van der Waals surface area (Å²) in [5, 5.41) is 4.56. The Labute approximate surface area is 161 Å². The minimum atomic E-state index is -5.08. The summed E-state index contributed by atoms with van der Waals surface area (Å²) in [5.74, 6) is -4.74. The molecule has 160 valence electrons. The average Bonchev–Trinajstić information content (AvgIpc) is 3.06. The van der Waals surface area contributed by atoms with E-state index in [1.165, 1.54) is 32.6 Å². The van der Waals surface area contributed by atoms with Crippen molar-refractivity contribution >= 4 is 23.5 Å². The van der Waals surface area contributed by atoms with Crippen molar-refractivity contribution in [3.63, 3.8) is 0 Å². The smallest absolute Gasteiger partial charge is 0.344 e. The normalized spacial score (nSPS) is 20.5. The van der Waals surface area contributed by atoms with Gasteiger partial charge in [-0.2, -0.15) is 13.2 Å². The minimum absolute atomic E-state index is 0.217. The number of nitrogens with one attached hydrogen (secondary N) is 2. The summed E-state index contributed by atoms with van der Waals surface area (Å²) in [5.41, 5.74) is 5.44. The Bertz CT molecular complexity index is 622. The molecule has 28 heavy (non-hydrogen) atoms. The van der Waals surface area contributed by atoms with Gasteiger partial charge in [0.1, 0.15) is 12.1 Å². The van der Waals surface area contributed by atoms with Gasteiger partial charge < -0.3 is 21.3 Å². The number of likely N-dealkylation sites (tertiary alicyclic amines) is 1. The van der Waals surface area contributed by atoms with Crippen molar-refractivity contribution in [2.45, 2.75) is 70.9 Å². The van der Waals surface area contributed by atoms with Gasteiger partial charge in [0, 0.05) is 6.54 Å². The van der Waals surface area contributed by atoms with E-state index in [1.54, 1.807) is 0 Å². The van der Waals surface area contributed by atoms with Crippen molar-refractivity contribution < 1.29 is 32.3 Å². The maximum absolute atomic E-state index is 12.8. The van der Waals surface area contributed by atoms with E-state index in [2.05, 4.69) is 10.6 Å². The van der Waals surface area contributed by atoms with E-state index in [-0.39, 0.29) is 13.0 Å². The van der Waals surface area contributed by atoms with Gasteiger partial charge in [-0.15, -0.1) is 0 Å². The van der Waals surface area contributed by atoms with Gasteiger partial charge >= 0.3 is 6.18 Å². The molecule has 1 aliphatic rings. The van der Waals surface area contributed by atoms with Crippen LogP contribution in [0.5, 0.6) is 0 Å². The largest absolute Gasteiger partial charge is 0.452 e. The van der Waals surface area contributed by atoms with Crippen LogP contribution in [0.15, 0.2) is 0 Å². The van der Waals surface area contributed by atoms with Gasteiger partial charge in [0.2, 0.25) is 17.7 Å². The Morgan fingerprint density at radius 3 is 2.11 bits per heavy atom. The first-order valence-corrected chi connectivity index (χ1v) is 9.05. The topological polar surface area (TPSA) is 122 Å². The molecule has 0 radical (unpaired) electrons. The van der Waals surface area contributed by atoms with Gasteiger partial charge in [-0.25, -0.2) is 0 Å². The van der Waals surface area contributed by atoms with Gasteiger partial charge in [-0.1, -0.05) is 13.8 Å². The number of halogens is 3. The minimum Gasteiger partial charge on any atom is -0.344 e. The van der Waals surface area contributed by atoms with Crippen molar-refractivity contribution in [2.75, 3.05) is 6.54 Å². The molecule has 0 spiro atoms. The number of alkyl halides is 3. The van der Waals surface area contributed by atoms with Crippen LogP contribution in [0.25, 0.3) is 0 Å². The fraction of sp³-hybridized carbons (Fsp3) is 0.765. The molecule has 11 heteroatoms. The molecule has 1 aliphatic heterocycles. The number of nitrogens with zero attached hydrogens (tertiary/aromatic N) is 1. The summed E-state index contributed by atoms with van der Waals surface area (Å²) in [6, 6.07) is -4.53. The molecule has 0 bridgehead atoms. The lowest BCUT2D eigenvalue weighted by molar-refractivity contribution is -0.175. The van der Waals surface area contributed by atoms with Crippen molar-refractivity contribution in [3.8, 4) is 0 Å². The molecule has 4 atom stereocenters. The molecule has 1 heterocycles. The van der Waals surface area contributed by atoms with E-state index in [0.717, 1.165) is 0 Å². The third-order valence-electron chi connectivity index (χ3n) is 4.51. The molecule has 0 unspecified atom stereocenters. The van der Waals surface area contributed by atoms with Crippen molar-refractivity contribution in [2.24, 2.45) is 11.7 Å². The molecular weight excluding hydrogens is 381 g/mol. The first kappa shape index (κ1) is 23.9. The average molecular weight is 408 g/mol. The highest BCUT2D eigenvalue weighted by molar-refractivity contribution is 5.96. The third kappa shape index (κ3) is 5.91. The second kappa shape index (κ2) is 9.35. The summed E-state index contributed by atoms with van der Waals surface area (Å²) in [4.78, 5) is 49.5. The van der Waals surface area contributed by atoms with E-state index in [0.29, 0.717) is 6.42 Å². The molecule has 4 N–H and O–H groups in total. The highest BCUT2D eigenvalue weighted by Gasteiger charge is 2.46. The molecule has 3 amide bonds. The van der Waals surface area contributed by atoms with Crippen molar-refractivity contribution in [3.05, 3.63) is 0 Å². The van der Waals surface area contributed by atoms with Crippen molar-refractivity contribution in [1.29, 1.82) is 0 Å². The first-order chi connectivity index (χ1) is 12.8. The zero-order valence-corrected chi connectivity index (χ0v) is 16.3. The molecule has 0 aromatic rings. The van der Waals surface area contributed by atoms with E-state index in [4.69, 9.17) is 5.73 Å². The molecule has 0 saturated carbocycles. The van der Waals surface area contributed by atoms with Crippen LogP contribution in [-0.4, -0.2) is 65.3 Å². The Hall–Kier alpha value is -2.17. The standard InChI is InChI=1S/C17H27F3N4O4/c1-8(2)12(13(25)17(18,19)20)23-15(27)11-6-5-7-24(11)16(28)10(4)22-14(26)9(3)21/h8-12H,5-7,21H2,1-4H3,(H,22,26)(H,23,27)/t9-,10-,11-,12-/m0/s1. The van der Waals surface area contributed by atoms with Crippen LogP contribution < -0.4 is 16.4 Å². The number of Topliss-reactive ketones (excluding diaryl/α,β-unsaturated/α-hetero) is 1. The molecular formula is C17H27F3N4O4.